The molecule has 0 unspecified atom stereocenters. The third-order valence-electron chi connectivity index (χ3n) is 3.84. The van der Waals surface area contributed by atoms with Crippen LogP contribution in [-0.2, 0) is 0 Å². The molecule has 2 heterocycles. The number of fused-ring (bicyclic) bond motifs is 1. The van der Waals surface area contributed by atoms with Crippen molar-refractivity contribution in [1.29, 1.82) is 0 Å². The largest absolute Gasteiger partial charge is 0.342 e. The Morgan fingerprint density at radius 1 is 1.00 bits per heavy atom. The maximum absolute atomic E-state index is 4.53. The molecule has 19 heavy (non-hydrogen) atoms. The molecule has 1 fully saturated rings. The summed E-state index contributed by atoms with van der Waals surface area (Å²) in [7, 11) is 0. The van der Waals surface area contributed by atoms with Crippen LogP contribution < -0.4 is 5.32 Å². The summed E-state index contributed by atoms with van der Waals surface area (Å²) in [5, 5.41) is 5.81. The van der Waals surface area contributed by atoms with Gasteiger partial charge in [-0.3, -0.25) is 0 Å². The van der Waals surface area contributed by atoms with Crippen LogP contribution in [-0.4, -0.2) is 23.1 Å². The van der Waals surface area contributed by atoms with E-state index in [0.29, 0.717) is 5.92 Å². The van der Waals surface area contributed by atoms with Crippen molar-refractivity contribution in [3.05, 3.63) is 54.5 Å². The van der Waals surface area contributed by atoms with E-state index in [1.807, 2.05) is 6.20 Å². The molecule has 0 bridgehead atoms. The van der Waals surface area contributed by atoms with E-state index in [-0.39, 0.29) is 0 Å². The summed E-state index contributed by atoms with van der Waals surface area (Å²) in [4.78, 5) is 8.00. The lowest BCUT2D eigenvalue weighted by atomic mass is 10.0. The Hall–Kier alpha value is -2.13. The maximum atomic E-state index is 4.53. The van der Waals surface area contributed by atoms with Gasteiger partial charge in [-0.2, -0.15) is 0 Å². The second-order valence-electron chi connectivity index (χ2n) is 5.06. The second kappa shape index (κ2) is 4.21. The minimum Gasteiger partial charge on any atom is -0.342 e. The number of rotatable bonds is 2. The molecular weight excluding hydrogens is 234 g/mol. The molecule has 0 saturated carbocycles. The molecule has 3 nitrogen and oxygen atoms in total. The summed E-state index contributed by atoms with van der Waals surface area (Å²) in [6.07, 6.45) is 1.95. The first-order valence-corrected chi connectivity index (χ1v) is 6.65. The van der Waals surface area contributed by atoms with Gasteiger partial charge in [-0.1, -0.05) is 42.5 Å². The number of aromatic nitrogens is 2. The van der Waals surface area contributed by atoms with Crippen molar-refractivity contribution >= 4 is 10.8 Å². The Balaban J connectivity index is 1.83. The number of nitrogens with one attached hydrogen (secondary N) is 2. The quantitative estimate of drug-likeness (QED) is 0.733. The zero-order chi connectivity index (χ0) is 12.7. The highest BCUT2D eigenvalue weighted by atomic mass is 15.0. The van der Waals surface area contributed by atoms with E-state index in [9.17, 15) is 0 Å². The van der Waals surface area contributed by atoms with Gasteiger partial charge in [0, 0.05) is 24.6 Å². The van der Waals surface area contributed by atoms with E-state index in [2.05, 4.69) is 57.7 Å². The van der Waals surface area contributed by atoms with Gasteiger partial charge in [0.2, 0.25) is 0 Å². The molecule has 2 aromatic carbocycles. The standard InChI is InChI=1S/C16H15N3/c1-2-6-13-11(4-1)5-3-7-14(13)15-10-18-16(19-15)12-8-17-9-12/h1-7,10,12,17H,8-9H2,(H,18,19). The van der Waals surface area contributed by atoms with Crippen LogP contribution in [0.4, 0.5) is 0 Å². The van der Waals surface area contributed by atoms with Crippen LogP contribution in [0.5, 0.6) is 0 Å². The third kappa shape index (κ3) is 1.74. The normalized spacial score (nSPS) is 15.6. The zero-order valence-electron chi connectivity index (χ0n) is 10.6. The van der Waals surface area contributed by atoms with Crippen LogP contribution >= 0.6 is 0 Å². The van der Waals surface area contributed by atoms with Gasteiger partial charge in [-0.15, -0.1) is 0 Å². The number of hydrogen-bond donors (Lipinski definition) is 2. The third-order valence-corrected chi connectivity index (χ3v) is 3.84. The van der Waals surface area contributed by atoms with Crippen molar-refractivity contribution in [3.8, 4) is 11.3 Å². The van der Waals surface area contributed by atoms with E-state index in [0.717, 1.165) is 24.6 Å². The average Bonchev–Trinajstić information content (AvgIpc) is 2.85. The molecule has 0 atom stereocenters. The lowest BCUT2D eigenvalue weighted by molar-refractivity contribution is 0.433. The van der Waals surface area contributed by atoms with Gasteiger partial charge in [0.25, 0.3) is 0 Å². The number of imidazole rings is 1. The van der Waals surface area contributed by atoms with E-state index in [4.69, 9.17) is 0 Å². The fourth-order valence-corrected chi connectivity index (χ4v) is 2.62. The first-order chi connectivity index (χ1) is 9.42. The summed E-state index contributed by atoms with van der Waals surface area (Å²) in [6.45, 7) is 2.06. The number of benzene rings is 2. The van der Waals surface area contributed by atoms with Crippen molar-refractivity contribution < 1.29 is 0 Å². The molecule has 0 spiro atoms. The minimum atomic E-state index is 0.545. The van der Waals surface area contributed by atoms with E-state index < -0.39 is 0 Å². The van der Waals surface area contributed by atoms with E-state index >= 15 is 0 Å². The van der Waals surface area contributed by atoms with Crippen LogP contribution in [0.3, 0.4) is 0 Å². The van der Waals surface area contributed by atoms with Gasteiger partial charge in [0.05, 0.1) is 11.9 Å². The molecule has 0 aliphatic carbocycles. The van der Waals surface area contributed by atoms with Crippen molar-refractivity contribution in [3.63, 3.8) is 0 Å². The zero-order valence-corrected chi connectivity index (χ0v) is 10.6. The predicted molar refractivity (Wildman–Crippen MR) is 77.1 cm³/mol. The average molecular weight is 249 g/mol. The molecule has 3 heteroatoms. The molecule has 0 amide bonds. The van der Waals surface area contributed by atoms with Gasteiger partial charge < -0.3 is 10.3 Å². The first kappa shape index (κ1) is 10.8. The Morgan fingerprint density at radius 3 is 2.68 bits per heavy atom. The highest BCUT2D eigenvalue weighted by Gasteiger charge is 2.22. The fourth-order valence-electron chi connectivity index (χ4n) is 2.62. The second-order valence-corrected chi connectivity index (χ2v) is 5.06. The van der Waals surface area contributed by atoms with Crippen LogP contribution in [0.25, 0.3) is 22.0 Å². The maximum Gasteiger partial charge on any atom is 0.112 e. The molecule has 2 N–H and O–H groups in total. The summed E-state index contributed by atoms with van der Waals surface area (Å²) in [5.74, 6) is 1.64. The van der Waals surface area contributed by atoms with E-state index in [1.165, 1.54) is 16.3 Å². The SMILES string of the molecule is c1ccc2c(-c3cnc(C4CNC4)[nH]3)cccc2c1. The molecule has 1 aliphatic rings. The fraction of sp³-hybridized carbons (Fsp3) is 0.188. The van der Waals surface area contributed by atoms with Crippen molar-refractivity contribution in [2.45, 2.75) is 5.92 Å². The Bertz CT molecular complexity index is 720. The van der Waals surface area contributed by atoms with Crippen molar-refractivity contribution in [2.75, 3.05) is 13.1 Å². The number of nitrogens with zero attached hydrogens (tertiary/aromatic N) is 1. The van der Waals surface area contributed by atoms with Gasteiger partial charge >= 0.3 is 0 Å². The molecule has 1 aromatic heterocycles. The Labute approximate surface area is 111 Å². The Morgan fingerprint density at radius 2 is 1.84 bits per heavy atom. The van der Waals surface area contributed by atoms with Crippen LogP contribution in [0, 0.1) is 0 Å². The van der Waals surface area contributed by atoms with Gasteiger partial charge in [-0.05, 0) is 10.8 Å². The van der Waals surface area contributed by atoms with Crippen LogP contribution in [0.1, 0.15) is 11.7 Å². The van der Waals surface area contributed by atoms with Gasteiger partial charge in [-0.25, -0.2) is 4.98 Å². The molecule has 0 radical (unpaired) electrons. The van der Waals surface area contributed by atoms with E-state index in [1.54, 1.807) is 0 Å². The van der Waals surface area contributed by atoms with Gasteiger partial charge in [0.1, 0.15) is 5.82 Å². The smallest absolute Gasteiger partial charge is 0.112 e. The van der Waals surface area contributed by atoms with Crippen molar-refractivity contribution in [2.24, 2.45) is 0 Å². The molecule has 3 aromatic rings. The molecule has 1 aliphatic heterocycles. The number of aromatic amines is 1. The summed E-state index contributed by atoms with van der Waals surface area (Å²) in [5.41, 5.74) is 2.34. The monoisotopic (exact) mass is 249 g/mol. The first-order valence-electron chi connectivity index (χ1n) is 6.65. The minimum absolute atomic E-state index is 0.545. The summed E-state index contributed by atoms with van der Waals surface area (Å²) >= 11 is 0. The molecule has 4 rings (SSSR count). The highest BCUT2D eigenvalue weighted by Crippen LogP contribution is 2.28. The van der Waals surface area contributed by atoms with Crippen LogP contribution in [0.15, 0.2) is 48.7 Å². The number of H-pyrrole nitrogens is 1. The van der Waals surface area contributed by atoms with Gasteiger partial charge in [0.15, 0.2) is 0 Å². The number of hydrogen-bond acceptors (Lipinski definition) is 2. The highest BCUT2D eigenvalue weighted by molar-refractivity contribution is 5.95. The van der Waals surface area contributed by atoms with Crippen LogP contribution in [0.2, 0.25) is 0 Å². The lowest BCUT2D eigenvalue weighted by Crippen LogP contribution is -2.40. The molecular formula is C16H15N3. The molecule has 1 saturated heterocycles. The van der Waals surface area contributed by atoms with Crippen molar-refractivity contribution in [1.82, 2.24) is 15.3 Å². The summed E-state index contributed by atoms with van der Waals surface area (Å²) in [6, 6.07) is 14.9. The Kier molecular flexibility index (Phi) is 2.38. The lowest BCUT2D eigenvalue weighted by Gasteiger charge is -2.24. The predicted octanol–water partition coefficient (Wildman–Crippen LogP) is 2.92. The summed E-state index contributed by atoms with van der Waals surface area (Å²) < 4.78 is 0. The topological polar surface area (TPSA) is 40.7 Å². The molecule has 94 valence electrons.